The molecule has 10 rings (SSSR count). The molecule has 2 aliphatic heterocycles. The molecule has 8 heterocycles. The number of para-hydroxylation sites is 2. The number of benzene rings is 2. The van der Waals surface area contributed by atoms with Crippen LogP contribution >= 0.6 is 43.2 Å². The number of rotatable bonds is 25. The number of carboxylic acids is 1. The van der Waals surface area contributed by atoms with Gasteiger partial charge in [0, 0.05) is 61.7 Å². The molecule has 2 aliphatic rings. The van der Waals surface area contributed by atoms with Crippen LogP contribution in [0.25, 0.3) is 22.3 Å². The number of nitro benzene ring substituents is 2. The zero-order chi connectivity index (χ0) is 58.5. The van der Waals surface area contributed by atoms with E-state index in [0.29, 0.717) is 83.6 Å². The highest BCUT2D eigenvalue weighted by molar-refractivity contribution is 8.77. The third kappa shape index (κ3) is 17.3. The van der Waals surface area contributed by atoms with Gasteiger partial charge in [-0.1, -0.05) is 71.8 Å². The van der Waals surface area contributed by atoms with E-state index in [0.717, 1.165) is 28.0 Å². The Balaban J connectivity index is 0.000000184. The van der Waals surface area contributed by atoms with Crippen molar-refractivity contribution in [1.29, 1.82) is 0 Å². The molecule has 0 spiro atoms. The van der Waals surface area contributed by atoms with Crippen LogP contribution in [0.3, 0.4) is 0 Å². The summed E-state index contributed by atoms with van der Waals surface area (Å²) in [5.41, 5.74) is 9.14. The number of nitrogen functional groups attached to an aromatic ring is 1. The van der Waals surface area contributed by atoms with Crippen molar-refractivity contribution in [3.05, 3.63) is 154 Å². The molecule has 4 N–H and O–H groups in total. The predicted molar refractivity (Wildman–Crippen MR) is 316 cm³/mol. The lowest BCUT2D eigenvalue weighted by atomic mass is 10.1. The molecule has 436 valence electrons. The summed E-state index contributed by atoms with van der Waals surface area (Å²) in [6.07, 6.45) is 12.6. The molecular weight excluding hydrogens is 1150 g/mol. The normalized spacial score (nSPS) is 18.2. The lowest BCUT2D eigenvalue weighted by Crippen LogP contribution is -2.23. The number of aromatic nitrogens is 10. The number of hydrogen-bond donors (Lipinski definition) is 3. The molecule has 0 unspecified atom stereocenters. The molecule has 1 amide bonds. The Morgan fingerprint density at radius 3 is 1.64 bits per heavy atom. The van der Waals surface area contributed by atoms with Gasteiger partial charge in [-0.05, 0) is 83.7 Å². The van der Waals surface area contributed by atoms with Gasteiger partial charge in [-0.25, -0.2) is 39.9 Å². The Morgan fingerprint density at radius 1 is 0.663 bits per heavy atom. The van der Waals surface area contributed by atoms with E-state index in [2.05, 4.69) is 45.2 Å². The highest BCUT2D eigenvalue weighted by Gasteiger charge is 2.39. The molecule has 6 aromatic heterocycles. The Bertz CT molecular complexity index is 3410. The van der Waals surface area contributed by atoms with Gasteiger partial charge in [-0.15, -0.1) is 0 Å². The molecule has 83 heavy (non-hydrogen) atoms. The number of imidazole rings is 2. The van der Waals surface area contributed by atoms with E-state index in [1.807, 2.05) is 59.4 Å². The van der Waals surface area contributed by atoms with E-state index >= 15 is 0 Å². The highest BCUT2D eigenvalue weighted by atomic mass is 33.1. The maximum atomic E-state index is 12.6. The standard InChI is InChI=1S/C27H29N7O5S2.C18H20N6O4.C9H11NO2S2/c1-2-20-21(38-15-18-8-3-4-9-19(18)34(36)37)14-24(39-20)33-17-31-25-26(29-16-30-27(25)33)32-22(35)10-7-13-40-41-23-11-5-6-12-28-23;1-2-13-14(27-8-11-5-3-4-6-12(11)24(25)26)7-15(28-13)23-10-22-16-17(19)20-9-21-18(16)23;11-9(12)5-3-7-13-14-8-4-1-2-6-10-8/h3-6,8-9,11-12,16-17,20-21,24H,2,7,10,13-15H2,1H3,(H,29,30,32,35);3-6,9-10,13-15H,2,7-8H2,1H3,(H2,19,20,21);1-2,4,6H,3,5,7H2,(H,11,12)/t20-,21-,24-;13-,14-,15-;/m11./s1. The Hall–Kier alpha value is -7.38. The molecule has 2 aromatic carbocycles. The van der Waals surface area contributed by atoms with Gasteiger partial charge in [-0.2, -0.15) is 0 Å². The Kier molecular flexibility index (Phi) is 23.3. The summed E-state index contributed by atoms with van der Waals surface area (Å²) in [5, 5.41) is 35.7. The summed E-state index contributed by atoms with van der Waals surface area (Å²) in [6.45, 7) is 4.28. The highest BCUT2D eigenvalue weighted by Crippen LogP contribution is 2.38. The summed E-state index contributed by atoms with van der Waals surface area (Å²) in [4.78, 5) is 78.6. The first-order valence-electron chi connectivity index (χ1n) is 26.4. The molecule has 8 aromatic rings. The first-order valence-corrected chi connectivity index (χ1v) is 31.1. The summed E-state index contributed by atoms with van der Waals surface area (Å²) >= 11 is 0. The fourth-order valence-electron chi connectivity index (χ4n) is 8.83. The third-order valence-electron chi connectivity index (χ3n) is 12.9. The molecule has 2 fully saturated rings. The van der Waals surface area contributed by atoms with Crippen molar-refractivity contribution in [3.63, 3.8) is 0 Å². The summed E-state index contributed by atoms with van der Waals surface area (Å²) < 4.78 is 28.2. The molecule has 0 bridgehead atoms. The molecule has 29 heteroatoms. The largest absolute Gasteiger partial charge is 0.481 e. The smallest absolute Gasteiger partial charge is 0.303 e. The first kappa shape index (κ1) is 61.7. The number of carbonyl (C=O) groups is 2. The monoisotopic (exact) mass is 1210 g/mol. The number of nitrogens with zero attached hydrogens (tertiary/aromatic N) is 12. The SMILES string of the molecule is CC[C@H]1O[C@@H](n2cnc3c(N)ncnc32)C[C@H]1OCc1ccccc1[N+](=O)[O-].CC[C@H]1O[C@@H](n2cnc3c(NC(=O)CCCSSc4ccccn4)ncnc32)C[C@H]1OCc1ccccc1[N+](=O)[O-].O=C(O)CCCSSc1ccccn1. The van der Waals surface area contributed by atoms with Crippen molar-refractivity contribution >= 4 is 100 Å². The third-order valence-corrected chi connectivity index (χ3v) is 17.6. The zero-order valence-electron chi connectivity index (χ0n) is 45.1. The number of carboxylic acid groups (broad SMARTS) is 1. The van der Waals surface area contributed by atoms with Crippen molar-refractivity contribution in [2.45, 2.75) is 125 Å². The molecule has 0 saturated carbocycles. The molecule has 0 radical (unpaired) electrons. The number of anilines is 2. The van der Waals surface area contributed by atoms with Crippen LogP contribution in [0.1, 0.15) is 88.8 Å². The quantitative estimate of drug-likeness (QED) is 0.0207. The molecule has 2 saturated heterocycles. The Morgan fingerprint density at radius 2 is 1.14 bits per heavy atom. The maximum Gasteiger partial charge on any atom is 0.303 e. The number of aliphatic carboxylic acids is 1. The van der Waals surface area contributed by atoms with Crippen LogP contribution in [0.5, 0.6) is 0 Å². The average molecular weight is 1210 g/mol. The van der Waals surface area contributed by atoms with E-state index in [9.17, 15) is 29.8 Å². The molecular formula is C54H60N14O11S4. The van der Waals surface area contributed by atoms with E-state index in [-0.39, 0.29) is 67.6 Å². The number of nitro groups is 2. The van der Waals surface area contributed by atoms with E-state index in [1.165, 1.54) is 24.8 Å². The van der Waals surface area contributed by atoms with Crippen molar-refractivity contribution in [2.24, 2.45) is 0 Å². The molecule has 25 nitrogen and oxygen atoms in total. The second-order valence-corrected chi connectivity index (χ2v) is 23.3. The number of fused-ring (bicyclic) bond motifs is 2. The zero-order valence-corrected chi connectivity index (χ0v) is 48.4. The minimum Gasteiger partial charge on any atom is -0.481 e. The second kappa shape index (κ2) is 31.3. The Labute approximate surface area is 492 Å². The average Bonchev–Trinajstić information content (AvgIpc) is 4.24. The number of amides is 1. The van der Waals surface area contributed by atoms with Gasteiger partial charge in [0.05, 0.1) is 71.3 Å². The summed E-state index contributed by atoms with van der Waals surface area (Å²) in [7, 11) is 6.47. The minimum atomic E-state index is -0.728. The van der Waals surface area contributed by atoms with E-state index in [1.54, 1.807) is 105 Å². The fourth-order valence-corrected chi connectivity index (χ4v) is 12.8. The van der Waals surface area contributed by atoms with Crippen LogP contribution in [0.2, 0.25) is 0 Å². The lowest BCUT2D eigenvalue weighted by molar-refractivity contribution is -0.386. The molecule has 0 aliphatic carbocycles. The lowest BCUT2D eigenvalue weighted by Gasteiger charge is -2.17. The van der Waals surface area contributed by atoms with Crippen LogP contribution in [-0.2, 0) is 41.8 Å². The van der Waals surface area contributed by atoms with Crippen molar-refractivity contribution < 1.29 is 43.5 Å². The fraction of sp³-hybridized carbons (Fsp3) is 0.370. The molecule has 6 atom stereocenters. The van der Waals surface area contributed by atoms with Gasteiger partial charge in [0.15, 0.2) is 28.4 Å². The van der Waals surface area contributed by atoms with Crippen molar-refractivity contribution in [2.75, 3.05) is 22.6 Å². The number of nitrogens with two attached hydrogens (primary N) is 1. The number of carbonyl (C=O) groups excluding carboxylic acids is 1. The van der Waals surface area contributed by atoms with E-state index in [4.69, 9.17) is 29.8 Å². The van der Waals surface area contributed by atoms with Crippen LogP contribution in [0.4, 0.5) is 23.0 Å². The number of ether oxygens (including phenoxy) is 4. The van der Waals surface area contributed by atoms with Gasteiger partial charge in [0.2, 0.25) is 5.91 Å². The van der Waals surface area contributed by atoms with Crippen molar-refractivity contribution in [1.82, 2.24) is 49.0 Å². The van der Waals surface area contributed by atoms with Gasteiger partial charge in [0.1, 0.15) is 40.7 Å². The predicted octanol–water partition coefficient (Wildman–Crippen LogP) is 10.9. The topological polar surface area (TPSA) is 329 Å². The van der Waals surface area contributed by atoms with Crippen LogP contribution < -0.4 is 11.1 Å². The van der Waals surface area contributed by atoms with Crippen molar-refractivity contribution in [3.8, 4) is 0 Å². The van der Waals surface area contributed by atoms with Gasteiger partial charge in [0.25, 0.3) is 11.4 Å². The number of nitrogens with one attached hydrogen (secondary N) is 1. The summed E-state index contributed by atoms with van der Waals surface area (Å²) in [6, 6.07) is 24.7. The van der Waals surface area contributed by atoms with Crippen LogP contribution in [0, 0.1) is 20.2 Å². The minimum absolute atomic E-state index is 0.0324. The van der Waals surface area contributed by atoms with Crippen LogP contribution in [-0.4, -0.2) is 112 Å². The number of pyridine rings is 2. The second-order valence-electron chi connectivity index (χ2n) is 18.4. The maximum absolute atomic E-state index is 12.6. The van der Waals surface area contributed by atoms with Gasteiger partial charge in [-0.3, -0.25) is 39.0 Å². The number of hydrogen-bond acceptors (Lipinski definition) is 23. The van der Waals surface area contributed by atoms with Crippen LogP contribution in [0.15, 0.2) is 133 Å². The van der Waals surface area contributed by atoms with Gasteiger partial charge < -0.3 is 35.1 Å². The first-order chi connectivity index (χ1) is 40.4. The van der Waals surface area contributed by atoms with Gasteiger partial charge >= 0.3 is 5.97 Å². The summed E-state index contributed by atoms with van der Waals surface area (Å²) in [5.74, 6) is 1.44. The van der Waals surface area contributed by atoms with E-state index < -0.39 is 22.0 Å².